The standard InChI is InChI=1S/C14H22N2O3/c1-10-5-6-12(13(7-10)18-4)19-9-14(17)16-8-11(2)15-3/h5-7,11,15H,8-9H2,1-4H3,(H,16,17). The SMILES string of the molecule is CNC(C)CNC(=O)COc1ccc(C)cc1OC. The zero-order valence-corrected chi connectivity index (χ0v) is 11.9. The van der Waals surface area contributed by atoms with Crippen molar-refractivity contribution in [3.05, 3.63) is 23.8 Å². The van der Waals surface area contributed by atoms with Gasteiger partial charge in [-0.2, -0.15) is 0 Å². The van der Waals surface area contributed by atoms with Gasteiger partial charge in [-0.25, -0.2) is 0 Å². The van der Waals surface area contributed by atoms with Crippen molar-refractivity contribution >= 4 is 5.91 Å². The Hall–Kier alpha value is -1.75. The van der Waals surface area contributed by atoms with Crippen molar-refractivity contribution in [2.24, 2.45) is 0 Å². The number of ether oxygens (including phenoxy) is 2. The van der Waals surface area contributed by atoms with Gasteiger partial charge in [0.1, 0.15) is 0 Å². The Kier molecular flexibility index (Phi) is 6.15. The molecule has 0 aliphatic rings. The molecule has 19 heavy (non-hydrogen) atoms. The first kappa shape index (κ1) is 15.3. The van der Waals surface area contributed by atoms with E-state index in [1.165, 1.54) is 0 Å². The molecule has 0 aromatic heterocycles. The Morgan fingerprint density at radius 2 is 2.11 bits per heavy atom. The summed E-state index contributed by atoms with van der Waals surface area (Å²) in [7, 11) is 3.43. The van der Waals surface area contributed by atoms with Crippen LogP contribution in [0.4, 0.5) is 0 Å². The highest BCUT2D eigenvalue weighted by Crippen LogP contribution is 2.27. The van der Waals surface area contributed by atoms with E-state index in [0.717, 1.165) is 5.56 Å². The molecular weight excluding hydrogens is 244 g/mol. The highest BCUT2D eigenvalue weighted by atomic mass is 16.5. The quantitative estimate of drug-likeness (QED) is 0.776. The second-order valence-electron chi connectivity index (χ2n) is 4.44. The molecular formula is C14H22N2O3. The zero-order chi connectivity index (χ0) is 14.3. The minimum absolute atomic E-state index is 0.0180. The van der Waals surface area contributed by atoms with Crippen LogP contribution in [-0.2, 0) is 4.79 Å². The number of amides is 1. The number of rotatable bonds is 7. The van der Waals surface area contributed by atoms with Crippen molar-refractivity contribution in [2.45, 2.75) is 19.9 Å². The van der Waals surface area contributed by atoms with E-state index in [9.17, 15) is 4.79 Å². The number of carbonyl (C=O) groups is 1. The highest BCUT2D eigenvalue weighted by Gasteiger charge is 2.08. The molecule has 2 N–H and O–H groups in total. The van der Waals surface area contributed by atoms with Gasteiger partial charge in [-0.15, -0.1) is 0 Å². The molecule has 5 nitrogen and oxygen atoms in total. The molecule has 0 spiro atoms. The zero-order valence-electron chi connectivity index (χ0n) is 11.9. The summed E-state index contributed by atoms with van der Waals surface area (Å²) in [6.07, 6.45) is 0. The number of carbonyl (C=O) groups excluding carboxylic acids is 1. The van der Waals surface area contributed by atoms with Crippen molar-refractivity contribution in [3.63, 3.8) is 0 Å². The minimum atomic E-state index is -0.148. The van der Waals surface area contributed by atoms with E-state index in [1.807, 2.05) is 33.0 Å². The summed E-state index contributed by atoms with van der Waals surface area (Å²) in [5.41, 5.74) is 1.08. The van der Waals surface area contributed by atoms with Gasteiger partial charge in [0, 0.05) is 12.6 Å². The predicted octanol–water partition coefficient (Wildman–Crippen LogP) is 1.11. The summed E-state index contributed by atoms with van der Waals surface area (Å²) in [4.78, 5) is 11.6. The lowest BCUT2D eigenvalue weighted by molar-refractivity contribution is -0.123. The molecule has 0 heterocycles. The first-order valence-corrected chi connectivity index (χ1v) is 6.28. The normalized spacial score (nSPS) is 11.8. The van der Waals surface area contributed by atoms with Crippen LogP contribution in [-0.4, -0.2) is 39.3 Å². The van der Waals surface area contributed by atoms with Crippen LogP contribution >= 0.6 is 0 Å². The lowest BCUT2D eigenvalue weighted by Crippen LogP contribution is -2.39. The van der Waals surface area contributed by atoms with Crippen LogP contribution in [0.2, 0.25) is 0 Å². The third-order valence-electron chi connectivity index (χ3n) is 2.78. The lowest BCUT2D eigenvalue weighted by atomic mass is 10.2. The molecule has 0 fully saturated rings. The topological polar surface area (TPSA) is 59.6 Å². The Labute approximate surface area is 114 Å². The maximum atomic E-state index is 11.6. The monoisotopic (exact) mass is 266 g/mol. The third-order valence-corrected chi connectivity index (χ3v) is 2.78. The van der Waals surface area contributed by atoms with E-state index in [1.54, 1.807) is 13.2 Å². The van der Waals surface area contributed by atoms with Crippen LogP contribution in [0.1, 0.15) is 12.5 Å². The average molecular weight is 266 g/mol. The molecule has 1 aromatic rings. The maximum absolute atomic E-state index is 11.6. The van der Waals surface area contributed by atoms with Crippen LogP contribution in [0, 0.1) is 6.92 Å². The predicted molar refractivity (Wildman–Crippen MR) is 74.8 cm³/mol. The molecule has 0 saturated carbocycles. The van der Waals surface area contributed by atoms with Gasteiger partial charge < -0.3 is 20.1 Å². The van der Waals surface area contributed by atoms with Gasteiger partial charge in [-0.05, 0) is 38.6 Å². The summed E-state index contributed by atoms with van der Waals surface area (Å²) in [6.45, 7) is 4.52. The van der Waals surface area contributed by atoms with Gasteiger partial charge >= 0.3 is 0 Å². The van der Waals surface area contributed by atoms with Crippen molar-refractivity contribution in [3.8, 4) is 11.5 Å². The summed E-state index contributed by atoms with van der Waals surface area (Å²) in [5.74, 6) is 1.06. The Bertz CT molecular complexity index is 421. The van der Waals surface area contributed by atoms with E-state index in [2.05, 4.69) is 10.6 Å². The molecule has 0 radical (unpaired) electrons. The molecule has 106 valence electrons. The van der Waals surface area contributed by atoms with Crippen molar-refractivity contribution in [2.75, 3.05) is 27.3 Å². The molecule has 1 aromatic carbocycles. The second-order valence-corrected chi connectivity index (χ2v) is 4.44. The number of methoxy groups -OCH3 is 1. The van der Waals surface area contributed by atoms with Gasteiger partial charge in [0.05, 0.1) is 7.11 Å². The highest BCUT2D eigenvalue weighted by molar-refractivity contribution is 5.77. The molecule has 1 unspecified atom stereocenters. The fourth-order valence-corrected chi connectivity index (χ4v) is 1.46. The van der Waals surface area contributed by atoms with Crippen molar-refractivity contribution in [1.82, 2.24) is 10.6 Å². The first-order chi connectivity index (χ1) is 9.06. The smallest absolute Gasteiger partial charge is 0.257 e. The number of nitrogens with one attached hydrogen (secondary N) is 2. The average Bonchev–Trinajstić information content (AvgIpc) is 2.43. The third kappa shape index (κ3) is 5.18. The van der Waals surface area contributed by atoms with Crippen molar-refractivity contribution < 1.29 is 14.3 Å². The van der Waals surface area contributed by atoms with Gasteiger partial charge in [-0.3, -0.25) is 4.79 Å². The van der Waals surface area contributed by atoms with E-state index in [0.29, 0.717) is 18.0 Å². The van der Waals surface area contributed by atoms with Crippen LogP contribution in [0.3, 0.4) is 0 Å². The summed E-state index contributed by atoms with van der Waals surface area (Å²) in [6, 6.07) is 5.82. The van der Waals surface area contributed by atoms with Crippen LogP contribution < -0.4 is 20.1 Å². The summed E-state index contributed by atoms with van der Waals surface area (Å²) >= 11 is 0. The molecule has 1 amide bonds. The van der Waals surface area contributed by atoms with Crippen LogP contribution in [0.5, 0.6) is 11.5 Å². The second kappa shape index (κ2) is 7.63. The minimum Gasteiger partial charge on any atom is -0.493 e. The summed E-state index contributed by atoms with van der Waals surface area (Å²) < 4.78 is 10.7. The number of likely N-dealkylation sites (N-methyl/N-ethyl adjacent to an activating group) is 1. The van der Waals surface area contributed by atoms with Crippen LogP contribution in [0.25, 0.3) is 0 Å². The fourth-order valence-electron chi connectivity index (χ4n) is 1.46. The Morgan fingerprint density at radius 1 is 1.37 bits per heavy atom. The number of hydrogen-bond acceptors (Lipinski definition) is 4. The van der Waals surface area contributed by atoms with Gasteiger partial charge in [0.2, 0.25) is 0 Å². The van der Waals surface area contributed by atoms with Gasteiger partial charge in [0.15, 0.2) is 18.1 Å². The Balaban J connectivity index is 2.46. The molecule has 1 atom stereocenters. The fraction of sp³-hybridized carbons (Fsp3) is 0.500. The number of hydrogen-bond donors (Lipinski definition) is 2. The molecule has 5 heteroatoms. The first-order valence-electron chi connectivity index (χ1n) is 6.28. The maximum Gasteiger partial charge on any atom is 0.257 e. The summed E-state index contributed by atoms with van der Waals surface area (Å²) in [5, 5.41) is 5.83. The van der Waals surface area contributed by atoms with Gasteiger partial charge in [0.25, 0.3) is 5.91 Å². The molecule has 0 aliphatic heterocycles. The molecule has 0 saturated heterocycles. The van der Waals surface area contributed by atoms with Gasteiger partial charge in [-0.1, -0.05) is 6.07 Å². The Morgan fingerprint density at radius 3 is 2.74 bits per heavy atom. The van der Waals surface area contributed by atoms with Crippen molar-refractivity contribution in [1.29, 1.82) is 0 Å². The number of benzene rings is 1. The molecule has 0 aliphatic carbocycles. The molecule has 0 bridgehead atoms. The lowest BCUT2D eigenvalue weighted by Gasteiger charge is -2.13. The van der Waals surface area contributed by atoms with E-state index >= 15 is 0 Å². The van der Waals surface area contributed by atoms with E-state index < -0.39 is 0 Å². The largest absolute Gasteiger partial charge is 0.493 e. The molecule has 1 rings (SSSR count). The van der Waals surface area contributed by atoms with Crippen LogP contribution in [0.15, 0.2) is 18.2 Å². The van der Waals surface area contributed by atoms with E-state index in [-0.39, 0.29) is 18.6 Å². The number of aryl methyl sites for hydroxylation is 1. The van der Waals surface area contributed by atoms with E-state index in [4.69, 9.17) is 9.47 Å².